The van der Waals surface area contributed by atoms with Crippen molar-refractivity contribution in [3.63, 3.8) is 0 Å². The van der Waals surface area contributed by atoms with Crippen LogP contribution in [0.15, 0.2) is 60.7 Å². The summed E-state index contributed by atoms with van der Waals surface area (Å²) in [5.41, 5.74) is 12.2. The van der Waals surface area contributed by atoms with Gasteiger partial charge in [0.1, 0.15) is 0 Å². The van der Waals surface area contributed by atoms with Gasteiger partial charge in [-0.1, -0.05) is 74.5 Å². The summed E-state index contributed by atoms with van der Waals surface area (Å²) >= 11 is 0. The first-order chi connectivity index (χ1) is 10.2. The molecule has 0 bridgehead atoms. The van der Waals surface area contributed by atoms with Crippen molar-refractivity contribution in [1.82, 2.24) is 0 Å². The minimum atomic E-state index is 0.308. The Kier molecular flexibility index (Phi) is 10.2. The number of rotatable bonds is 4. The van der Waals surface area contributed by atoms with E-state index in [0.717, 1.165) is 12.8 Å². The van der Waals surface area contributed by atoms with Crippen molar-refractivity contribution in [3.8, 4) is 0 Å². The van der Waals surface area contributed by atoms with E-state index in [4.69, 9.17) is 0 Å². The highest BCUT2D eigenvalue weighted by atomic mass is 14.4. The maximum absolute atomic E-state index is 4.50. The predicted octanol–water partition coefficient (Wildman–Crippen LogP) is 3.65. The van der Waals surface area contributed by atoms with E-state index in [9.17, 15) is 0 Å². The number of nitrogens with two attached hydrogens (primary N) is 2. The Hall–Kier alpha value is -1.64. The molecule has 0 atom stereocenters. The Labute approximate surface area is 130 Å². The molecule has 0 saturated carbocycles. The van der Waals surface area contributed by atoms with E-state index in [0.29, 0.717) is 5.41 Å². The summed E-state index contributed by atoms with van der Waals surface area (Å²) in [6.07, 6.45) is 2.26. The first kappa shape index (κ1) is 19.4. The lowest BCUT2D eigenvalue weighted by molar-refractivity contribution is 0.361. The molecule has 4 N–H and O–H groups in total. The molecule has 21 heavy (non-hydrogen) atoms. The third kappa shape index (κ3) is 8.28. The predicted molar refractivity (Wildman–Crippen MR) is 94.3 cm³/mol. The van der Waals surface area contributed by atoms with Crippen molar-refractivity contribution in [1.29, 1.82) is 0 Å². The summed E-state index contributed by atoms with van der Waals surface area (Å²) in [5.74, 6) is 0. The zero-order chi connectivity index (χ0) is 16.1. The smallest absolute Gasteiger partial charge is 0.0195 e. The van der Waals surface area contributed by atoms with Crippen molar-refractivity contribution in [3.05, 3.63) is 71.8 Å². The average Bonchev–Trinajstić information content (AvgIpc) is 2.52. The van der Waals surface area contributed by atoms with Crippen molar-refractivity contribution in [2.24, 2.45) is 16.9 Å². The Morgan fingerprint density at radius 2 is 0.905 bits per heavy atom. The van der Waals surface area contributed by atoms with Crippen molar-refractivity contribution in [2.75, 3.05) is 14.1 Å². The molecular weight excluding hydrogens is 256 g/mol. The number of benzene rings is 2. The molecule has 0 saturated heterocycles. The Morgan fingerprint density at radius 1 is 0.619 bits per heavy atom. The molecule has 0 aliphatic carbocycles. The molecule has 0 amide bonds. The van der Waals surface area contributed by atoms with E-state index in [-0.39, 0.29) is 0 Å². The molecule has 0 aliphatic heterocycles. The highest BCUT2D eigenvalue weighted by Crippen LogP contribution is 2.26. The fraction of sp³-hybridized carbons (Fsp3) is 0.368. The van der Waals surface area contributed by atoms with Gasteiger partial charge in [0.25, 0.3) is 0 Å². The Bertz CT molecular complexity index is 406. The summed E-state index contributed by atoms with van der Waals surface area (Å²) < 4.78 is 0. The van der Waals surface area contributed by atoms with Crippen LogP contribution in [0.2, 0.25) is 0 Å². The van der Waals surface area contributed by atoms with Gasteiger partial charge in [-0.05, 0) is 43.5 Å². The molecule has 116 valence electrons. The monoisotopic (exact) mass is 286 g/mol. The SMILES string of the molecule is CC(C)(Cc1ccccc1)Cc1ccccc1.CN.CN. The van der Waals surface area contributed by atoms with Gasteiger partial charge in [-0.15, -0.1) is 0 Å². The van der Waals surface area contributed by atoms with Crippen LogP contribution in [0.4, 0.5) is 0 Å². The highest BCUT2D eigenvalue weighted by Gasteiger charge is 2.18. The van der Waals surface area contributed by atoms with E-state index in [1.165, 1.54) is 25.2 Å². The molecule has 0 radical (unpaired) electrons. The molecular formula is C19H30N2. The van der Waals surface area contributed by atoms with E-state index < -0.39 is 0 Å². The summed E-state index contributed by atoms with van der Waals surface area (Å²) in [5, 5.41) is 0. The van der Waals surface area contributed by atoms with E-state index in [1.54, 1.807) is 0 Å². The fourth-order valence-corrected chi connectivity index (χ4v) is 2.36. The maximum Gasteiger partial charge on any atom is -0.0195 e. The molecule has 2 heteroatoms. The molecule has 2 rings (SSSR count). The van der Waals surface area contributed by atoms with Gasteiger partial charge in [0.05, 0.1) is 0 Å². The molecule has 2 aromatic rings. The second kappa shape index (κ2) is 11.1. The van der Waals surface area contributed by atoms with E-state index >= 15 is 0 Å². The van der Waals surface area contributed by atoms with Gasteiger partial charge in [-0.2, -0.15) is 0 Å². The van der Waals surface area contributed by atoms with Crippen LogP contribution in [0.1, 0.15) is 25.0 Å². The summed E-state index contributed by atoms with van der Waals surface area (Å²) in [6.45, 7) is 4.68. The molecule has 0 spiro atoms. The molecule has 0 aromatic heterocycles. The highest BCUT2D eigenvalue weighted by molar-refractivity contribution is 5.19. The summed E-state index contributed by atoms with van der Waals surface area (Å²) in [4.78, 5) is 0. The lowest BCUT2D eigenvalue weighted by atomic mass is 9.80. The average molecular weight is 286 g/mol. The van der Waals surface area contributed by atoms with Gasteiger partial charge in [-0.25, -0.2) is 0 Å². The normalized spacial score (nSPS) is 9.81. The van der Waals surface area contributed by atoms with E-state index in [1.807, 2.05) is 0 Å². The van der Waals surface area contributed by atoms with Gasteiger partial charge in [0.2, 0.25) is 0 Å². The second-order valence-corrected chi connectivity index (χ2v) is 5.49. The van der Waals surface area contributed by atoms with Crippen LogP contribution < -0.4 is 11.5 Å². The third-order valence-electron chi connectivity index (χ3n) is 3.05. The standard InChI is InChI=1S/C17H20.2CH5N/c1-17(2,13-15-9-5-3-6-10-15)14-16-11-7-4-8-12-16;2*1-2/h3-12H,13-14H2,1-2H3;2*2H2,1H3. The minimum absolute atomic E-state index is 0.308. The fourth-order valence-electron chi connectivity index (χ4n) is 2.36. The molecule has 0 fully saturated rings. The van der Waals surface area contributed by atoms with Gasteiger partial charge in [-0.3, -0.25) is 0 Å². The molecule has 2 nitrogen and oxygen atoms in total. The molecule has 0 aliphatic rings. The topological polar surface area (TPSA) is 52.0 Å². The van der Waals surface area contributed by atoms with E-state index in [2.05, 4.69) is 86.0 Å². The largest absolute Gasteiger partial charge is 0.333 e. The molecule has 2 aromatic carbocycles. The maximum atomic E-state index is 4.50. The quantitative estimate of drug-likeness (QED) is 0.901. The number of hydrogen-bond donors (Lipinski definition) is 2. The first-order valence-electron chi connectivity index (χ1n) is 7.39. The van der Waals surface area contributed by atoms with Crippen molar-refractivity contribution < 1.29 is 0 Å². The molecule has 0 unspecified atom stereocenters. The Morgan fingerprint density at radius 3 is 1.19 bits per heavy atom. The lowest BCUT2D eigenvalue weighted by Crippen LogP contribution is -2.18. The summed E-state index contributed by atoms with van der Waals surface area (Å²) in [7, 11) is 3.00. The van der Waals surface area contributed by atoms with Gasteiger partial charge < -0.3 is 11.5 Å². The van der Waals surface area contributed by atoms with Crippen LogP contribution >= 0.6 is 0 Å². The van der Waals surface area contributed by atoms with Gasteiger partial charge in [0.15, 0.2) is 0 Å². The zero-order valence-corrected chi connectivity index (χ0v) is 13.8. The van der Waals surface area contributed by atoms with Crippen molar-refractivity contribution in [2.45, 2.75) is 26.7 Å². The zero-order valence-electron chi connectivity index (χ0n) is 13.8. The molecule has 0 heterocycles. The van der Waals surface area contributed by atoms with Crippen molar-refractivity contribution >= 4 is 0 Å². The second-order valence-electron chi connectivity index (χ2n) is 5.49. The van der Waals surface area contributed by atoms with Gasteiger partial charge >= 0.3 is 0 Å². The van der Waals surface area contributed by atoms with Gasteiger partial charge in [0, 0.05) is 0 Å². The first-order valence-corrected chi connectivity index (χ1v) is 7.39. The number of hydrogen-bond acceptors (Lipinski definition) is 2. The third-order valence-corrected chi connectivity index (χ3v) is 3.05. The van der Waals surface area contributed by atoms with Crippen LogP contribution in [0.5, 0.6) is 0 Å². The summed E-state index contributed by atoms with van der Waals surface area (Å²) in [6, 6.07) is 21.5. The minimum Gasteiger partial charge on any atom is -0.333 e. The van der Waals surface area contributed by atoms with Crippen LogP contribution in [0.25, 0.3) is 0 Å². The van der Waals surface area contributed by atoms with Crippen LogP contribution in [0, 0.1) is 5.41 Å². The van der Waals surface area contributed by atoms with Crippen LogP contribution in [-0.4, -0.2) is 14.1 Å². The lowest BCUT2D eigenvalue weighted by Gasteiger charge is -2.25. The van der Waals surface area contributed by atoms with Crippen LogP contribution in [-0.2, 0) is 12.8 Å². The Balaban J connectivity index is 0.000000921. The van der Waals surface area contributed by atoms with Crippen LogP contribution in [0.3, 0.4) is 0 Å².